The Labute approximate surface area is 136 Å². The standard InChI is InChI=1S/C19H23NOS/c1-18-7-8-19(2,11-18)17(13(18)9-20)12-10-22-15-6-4-5-14(21-3)16(12)15/h4-6,10H,7-9,11,20H2,1-3H3. The number of rotatable bonds is 3. The van der Waals surface area contributed by atoms with Crippen LogP contribution in [0.25, 0.3) is 15.7 Å². The molecule has 0 amide bonds. The minimum atomic E-state index is 0.276. The van der Waals surface area contributed by atoms with Gasteiger partial charge in [-0.25, -0.2) is 0 Å². The molecule has 22 heavy (non-hydrogen) atoms. The maximum Gasteiger partial charge on any atom is 0.128 e. The van der Waals surface area contributed by atoms with Crippen LogP contribution in [0.4, 0.5) is 0 Å². The van der Waals surface area contributed by atoms with Crippen LogP contribution in [0.15, 0.2) is 29.2 Å². The van der Waals surface area contributed by atoms with E-state index in [2.05, 4.69) is 37.4 Å². The van der Waals surface area contributed by atoms with Gasteiger partial charge in [-0.3, -0.25) is 0 Å². The van der Waals surface area contributed by atoms with Crippen molar-refractivity contribution in [1.82, 2.24) is 0 Å². The predicted octanol–water partition coefficient (Wildman–Crippen LogP) is 4.83. The van der Waals surface area contributed by atoms with E-state index in [0.717, 1.165) is 5.75 Å². The summed E-state index contributed by atoms with van der Waals surface area (Å²) in [6.45, 7) is 5.50. The second kappa shape index (κ2) is 4.59. The SMILES string of the molecule is COc1cccc2scc(C3=C(CN)C4(C)CCC3(C)C4)c12. The molecule has 2 aromatic rings. The molecule has 2 unspecified atom stereocenters. The molecule has 1 aromatic heterocycles. The summed E-state index contributed by atoms with van der Waals surface area (Å²) < 4.78 is 6.95. The van der Waals surface area contributed by atoms with Gasteiger partial charge in [0.1, 0.15) is 5.75 Å². The Balaban J connectivity index is 2.03. The average molecular weight is 313 g/mol. The van der Waals surface area contributed by atoms with Crippen molar-refractivity contribution in [2.24, 2.45) is 16.6 Å². The number of hydrogen-bond acceptors (Lipinski definition) is 3. The summed E-state index contributed by atoms with van der Waals surface area (Å²) in [4.78, 5) is 0. The van der Waals surface area contributed by atoms with Crippen LogP contribution < -0.4 is 10.5 Å². The first-order valence-electron chi connectivity index (χ1n) is 8.01. The molecule has 4 rings (SSSR count). The molecule has 2 aliphatic rings. The first-order valence-corrected chi connectivity index (χ1v) is 8.89. The van der Waals surface area contributed by atoms with Gasteiger partial charge in [-0.2, -0.15) is 0 Å². The minimum Gasteiger partial charge on any atom is -0.496 e. The van der Waals surface area contributed by atoms with Crippen LogP contribution in [0.2, 0.25) is 0 Å². The Kier molecular flexibility index (Phi) is 2.98. The van der Waals surface area contributed by atoms with Crippen molar-refractivity contribution in [3.63, 3.8) is 0 Å². The smallest absolute Gasteiger partial charge is 0.128 e. The summed E-state index contributed by atoms with van der Waals surface area (Å²) in [5.74, 6) is 0.981. The van der Waals surface area contributed by atoms with Gasteiger partial charge in [0.15, 0.2) is 0 Å². The van der Waals surface area contributed by atoms with E-state index in [1.54, 1.807) is 7.11 Å². The highest BCUT2D eigenvalue weighted by molar-refractivity contribution is 7.17. The van der Waals surface area contributed by atoms with Crippen LogP contribution in [0.3, 0.4) is 0 Å². The molecule has 1 aromatic carbocycles. The summed E-state index contributed by atoms with van der Waals surface area (Å²) in [6.07, 6.45) is 3.79. The summed E-state index contributed by atoms with van der Waals surface area (Å²) in [7, 11) is 1.76. The largest absolute Gasteiger partial charge is 0.496 e. The molecule has 2 atom stereocenters. The third kappa shape index (κ3) is 1.70. The van der Waals surface area contributed by atoms with Crippen molar-refractivity contribution in [3.05, 3.63) is 34.7 Å². The van der Waals surface area contributed by atoms with Gasteiger partial charge in [-0.05, 0) is 58.8 Å². The van der Waals surface area contributed by atoms with Gasteiger partial charge < -0.3 is 10.5 Å². The van der Waals surface area contributed by atoms with Crippen LogP contribution in [-0.4, -0.2) is 13.7 Å². The first kappa shape index (κ1) is 14.3. The van der Waals surface area contributed by atoms with Gasteiger partial charge in [0, 0.05) is 22.2 Å². The van der Waals surface area contributed by atoms with Crippen LogP contribution >= 0.6 is 11.3 Å². The van der Waals surface area contributed by atoms with Crippen molar-refractivity contribution in [2.45, 2.75) is 33.1 Å². The van der Waals surface area contributed by atoms with E-state index in [4.69, 9.17) is 10.5 Å². The molecular weight excluding hydrogens is 290 g/mol. The maximum absolute atomic E-state index is 6.19. The summed E-state index contributed by atoms with van der Waals surface area (Å²) >= 11 is 1.81. The highest BCUT2D eigenvalue weighted by Gasteiger charge is 2.54. The Morgan fingerprint density at radius 1 is 1.23 bits per heavy atom. The van der Waals surface area contributed by atoms with Crippen LogP contribution in [0.5, 0.6) is 5.75 Å². The molecule has 1 fully saturated rings. The first-order chi connectivity index (χ1) is 10.5. The number of thiophene rings is 1. The fourth-order valence-corrected chi connectivity index (χ4v) is 5.94. The van der Waals surface area contributed by atoms with E-state index in [0.29, 0.717) is 12.0 Å². The fourth-order valence-electron chi connectivity index (χ4n) is 4.97. The van der Waals surface area contributed by atoms with Crippen LogP contribution in [0, 0.1) is 10.8 Å². The lowest BCUT2D eigenvalue weighted by Gasteiger charge is -2.30. The number of hydrogen-bond donors (Lipinski definition) is 1. The average Bonchev–Trinajstić information content (AvgIpc) is 3.12. The van der Waals surface area contributed by atoms with Gasteiger partial charge in [0.2, 0.25) is 0 Å². The Bertz CT molecular complexity index is 790. The van der Waals surface area contributed by atoms with Crippen LogP contribution in [0.1, 0.15) is 38.7 Å². The van der Waals surface area contributed by atoms with E-state index in [1.165, 1.54) is 46.1 Å². The van der Waals surface area contributed by atoms with Gasteiger partial charge >= 0.3 is 0 Å². The minimum absolute atomic E-state index is 0.276. The number of benzene rings is 1. The number of methoxy groups -OCH3 is 1. The molecule has 0 radical (unpaired) electrons. The zero-order valence-corrected chi connectivity index (χ0v) is 14.3. The van der Waals surface area contributed by atoms with Gasteiger partial charge in [-0.1, -0.05) is 19.9 Å². The molecule has 116 valence electrons. The van der Waals surface area contributed by atoms with E-state index in [1.807, 2.05) is 11.3 Å². The summed E-state index contributed by atoms with van der Waals surface area (Å²) in [6, 6.07) is 6.33. The predicted molar refractivity (Wildman–Crippen MR) is 94.4 cm³/mol. The quantitative estimate of drug-likeness (QED) is 0.880. The molecule has 2 aliphatic carbocycles. The third-order valence-electron chi connectivity index (χ3n) is 5.90. The van der Waals surface area contributed by atoms with Crippen LogP contribution in [-0.2, 0) is 0 Å². The maximum atomic E-state index is 6.19. The molecule has 1 saturated carbocycles. The molecule has 2 bridgehead atoms. The topological polar surface area (TPSA) is 35.2 Å². The third-order valence-corrected chi connectivity index (χ3v) is 6.84. The monoisotopic (exact) mass is 313 g/mol. The van der Waals surface area contributed by atoms with Crippen molar-refractivity contribution >= 4 is 27.0 Å². The summed E-state index contributed by atoms with van der Waals surface area (Å²) in [5, 5.41) is 3.58. The Morgan fingerprint density at radius 3 is 2.73 bits per heavy atom. The normalized spacial score (nSPS) is 30.5. The second-order valence-corrected chi connectivity index (χ2v) is 8.25. The summed E-state index contributed by atoms with van der Waals surface area (Å²) in [5.41, 5.74) is 11.1. The molecule has 0 saturated heterocycles. The number of fused-ring (bicyclic) bond motifs is 3. The second-order valence-electron chi connectivity index (χ2n) is 7.34. The molecule has 3 heteroatoms. The van der Waals surface area contributed by atoms with E-state index < -0.39 is 0 Å². The highest BCUT2D eigenvalue weighted by Crippen LogP contribution is 2.67. The zero-order chi connectivity index (χ0) is 15.5. The van der Waals surface area contributed by atoms with E-state index in [9.17, 15) is 0 Å². The molecule has 0 spiro atoms. The van der Waals surface area contributed by atoms with Gasteiger partial charge in [0.25, 0.3) is 0 Å². The van der Waals surface area contributed by atoms with Gasteiger partial charge in [0.05, 0.1) is 7.11 Å². The molecule has 1 heterocycles. The van der Waals surface area contributed by atoms with Crippen molar-refractivity contribution < 1.29 is 4.74 Å². The highest BCUT2D eigenvalue weighted by atomic mass is 32.1. The Hall–Kier alpha value is -1.32. The lowest BCUT2D eigenvalue weighted by atomic mass is 9.75. The number of ether oxygens (including phenoxy) is 1. The van der Waals surface area contributed by atoms with Crippen molar-refractivity contribution in [1.29, 1.82) is 0 Å². The Morgan fingerprint density at radius 2 is 2.00 bits per heavy atom. The number of nitrogens with two attached hydrogens (primary N) is 1. The fraction of sp³-hybridized carbons (Fsp3) is 0.474. The lowest BCUT2D eigenvalue weighted by Crippen LogP contribution is -2.21. The molecule has 2 N–H and O–H groups in total. The lowest BCUT2D eigenvalue weighted by molar-refractivity contribution is 0.399. The molecular formula is C19H23NOS. The van der Waals surface area contributed by atoms with Crippen molar-refractivity contribution in [2.75, 3.05) is 13.7 Å². The van der Waals surface area contributed by atoms with Gasteiger partial charge in [-0.15, -0.1) is 11.3 Å². The van der Waals surface area contributed by atoms with E-state index in [-0.39, 0.29) is 5.41 Å². The van der Waals surface area contributed by atoms with Crippen molar-refractivity contribution in [3.8, 4) is 5.75 Å². The number of allylic oxidation sites excluding steroid dienone is 1. The molecule has 2 nitrogen and oxygen atoms in total. The molecule has 0 aliphatic heterocycles. The zero-order valence-electron chi connectivity index (χ0n) is 13.5. The van der Waals surface area contributed by atoms with E-state index >= 15 is 0 Å².